The highest BCUT2D eigenvalue weighted by Crippen LogP contribution is 2.17. The topological polar surface area (TPSA) is 43.1 Å². The van der Waals surface area contributed by atoms with Crippen LogP contribution in [0.5, 0.6) is 0 Å². The van der Waals surface area contributed by atoms with Crippen molar-refractivity contribution in [3.8, 4) is 0 Å². The number of carbonyl (C=O) groups is 1. The van der Waals surface area contributed by atoms with E-state index >= 15 is 0 Å². The summed E-state index contributed by atoms with van der Waals surface area (Å²) in [6.45, 7) is 0.473. The molecule has 0 bridgehead atoms. The standard InChI is InChI=1S/C10H11ClFNO/c11-8-6-7(3-4-9(8)12)10(14)2-1-5-13/h3-4,6H,1-2,5,13H2. The molecule has 0 unspecified atom stereocenters. The molecule has 76 valence electrons. The number of rotatable bonds is 4. The molecule has 0 heterocycles. The van der Waals surface area contributed by atoms with E-state index in [0.717, 1.165) is 0 Å². The van der Waals surface area contributed by atoms with E-state index in [1.807, 2.05) is 0 Å². The van der Waals surface area contributed by atoms with Gasteiger partial charge in [0.25, 0.3) is 0 Å². The van der Waals surface area contributed by atoms with Crippen LogP contribution in [0.4, 0.5) is 4.39 Å². The maximum atomic E-state index is 12.8. The molecule has 2 N–H and O–H groups in total. The zero-order chi connectivity index (χ0) is 10.6. The summed E-state index contributed by atoms with van der Waals surface area (Å²) in [6.07, 6.45) is 1.01. The predicted octanol–water partition coefficient (Wildman–Crippen LogP) is 2.40. The zero-order valence-corrected chi connectivity index (χ0v) is 8.35. The molecule has 0 saturated heterocycles. The monoisotopic (exact) mass is 215 g/mol. The third-order valence-electron chi connectivity index (χ3n) is 1.85. The molecule has 1 aromatic carbocycles. The van der Waals surface area contributed by atoms with Gasteiger partial charge in [-0.1, -0.05) is 11.6 Å². The van der Waals surface area contributed by atoms with Crippen molar-refractivity contribution in [2.75, 3.05) is 6.54 Å². The van der Waals surface area contributed by atoms with Crippen LogP contribution in [-0.2, 0) is 0 Å². The Hall–Kier alpha value is -0.930. The van der Waals surface area contributed by atoms with Crippen molar-refractivity contribution in [1.82, 2.24) is 0 Å². The van der Waals surface area contributed by atoms with Crippen LogP contribution >= 0.6 is 11.6 Å². The Morgan fingerprint density at radius 3 is 2.79 bits per heavy atom. The Balaban J connectivity index is 2.76. The SMILES string of the molecule is NCCCC(=O)c1ccc(F)c(Cl)c1. The average molecular weight is 216 g/mol. The van der Waals surface area contributed by atoms with E-state index in [1.165, 1.54) is 18.2 Å². The Morgan fingerprint density at radius 2 is 2.21 bits per heavy atom. The molecule has 0 aliphatic rings. The van der Waals surface area contributed by atoms with Crippen molar-refractivity contribution in [2.24, 2.45) is 5.73 Å². The van der Waals surface area contributed by atoms with Crippen LogP contribution in [0.2, 0.25) is 5.02 Å². The largest absolute Gasteiger partial charge is 0.330 e. The highest BCUT2D eigenvalue weighted by molar-refractivity contribution is 6.31. The Bertz CT molecular complexity index is 341. The summed E-state index contributed by atoms with van der Waals surface area (Å²) in [5, 5.41) is -0.0244. The lowest BCUT2D eigenvalue weighted by atomic mass is 10.1. The van der Waals surface area contributed by atoms with Crippen molar-refractivity contribution < 1.29 is 9.18 Å². The van der Waals surface area contributed by atoms with Gasteiger partial charge < -0.3 is 5.73 Å². The Kier molecular flexibility index (Phi) is 4.04. The molecule has 2 nitrogen and oxygen atoms in total. The van der Waals surface area contributed by atoms with Crippen molar-refractivity contribution in [3.05, 3.63) is 34.6 Å². The van der Waals surface area contributed by atoms with Crippen LogP contribution in [-0.4, -0.2) is 12.3 Å². The van der Waals surface area contributed by atoms with Crippen molar-refractivity contribution in [1.29, 1.82) is 0 Å². The maximum Gasteiger partial charge on any atom is 0.162 e. The molecule has 14 heavy (non-hydrogen) atoms. The van der Waals surface area contributed by atoms with E-state index in [-0.39, 0.29) is 10.8 Å². The number of carbonyl (C=O) groups excluding carboxylic acids is 1. The second-order valence-corrected chi connectivity index (χ2v) is 3.35. The fourth-order valence-electron chi connectivity index (χ4n) is 1.08. The summed E-state index contributed by atoms with van der Waals surface area (Å²) in [5.74, 6) is -0.570. The van der Waals surface area contributed by atoms with Gasteiger partial charge in [0.2, 0.25) is 0 Å². The second-order valence-electron chi connectivity index (χ2n) is 2.94. The molecule has 1 aromatic rings. The molecule has 0 spiro atoms. The molecule has 0 aromatic heterocycles. The van der Waals surface area contributed by atoms with Crippen LogP contribution in [0.25, 0.3) is 0 Å². The van der Waals surface area contributed by atoms with Crippen LogP contribution in [0.1, 0.15) is 23.2 Å². The van der Waals surface area contributed by atoms with Crippen molar-refractivity contribution in [3.63, 3.8) is 0 Å². The molecule has 0 saturated carbocycles. The van der Waals surface area contributed by atoms with Gasteiger partial charge in [0, 0.05) is 12.0 Å². The molecule has 0 radical (unpaired) electrons. The quantitative estimate of drug-likeness (QED) is 0.784. The summed E-state index contributed by atoms with van der Waals surface area (Å²) in [7, 11) is 0. The first kappa shape index (κ1) is 11.1. The lowest BCUT2D eigenvalue weighted by Crippen LogP contribution is -2.05. The van der Waals surface area contributed by atoms with Crippen LogP contribution in [0.15, 0.2) is 18.2 Å². The van der Waals surface area contributed by atoms with Crippen LogP contribution < -0.4 is 5.73 Å². The highest BCUT2D eigenvalue weighted by Gasteiger charge is 2.07. The van der Waals surface area contributed by atoms with E-state index in [0.29, 0.717) is 24.9 Å². The number of Topliss-reactive ketones (excluding diaryl/α,β-unsaturated/α-hetero) is 1. The zero-order valence-electron chi connectivity index (χ0n) is 7.59. The van der Waals surface area contributed by atoms with Gasteiger partial charge in [-0.05, 0) is 31.2 Å². The third kappa shape index (κ3) is 2.79. The van der Waals surface area contributed by atoms with Gasteiger partial charge in [0.15, 0.2) is 5.78 Å². The van der Waals surface area contributed by atoms with E-state index in [4.69, 9.17) is 17.3 Å². The lowest BCUT2D eigenvalue weighted by molar-refractivity contribution is 0.0980. The number of hydrogen-bond donors (Lipinski definition) is 1. The number of ketones is 1. The minimum Gasteiger partial charge on any atom is -0.330 e. The molecule has 0 amide bonds. The number of benzene rings is 1. The lowest BCUT2D eigenvalue weighted by Gasteiger charge is -2.01. The average Bonchev–Trinajstić information content (AvgIpc) is 2.18. The summed E-state index contributed by atoms with van der Waals surface area (Å²) in [4.78, 5) is 11.4. The van der Waals surface area contributed by atoms with Gasteiger partial charge in [0.05, 0.1) is 5.02 Å². The van der Waals surface area contributed by atoms with Crippen LogP contribution in [0.3, 0.4) is 0 Å². The first-order valence-corrected chi connectivity index (χ1v) is 4.71. The Labute approximate surface area is 86.9 Å². The first-order chi connectivity index (χ1) is 6.65. The molecule has 1 rings (SSSR count). The summed E-state index contributed by atoms with van der Waals surface area (Å²) < 4.78 is 12.8. The van der Waals surface area contributed by atoms with Gasteiger partial charge in [-0.3, -0.25) is 4.79 Å². The summed E-state index contributed by atoms with van der Waals surface area (Å²) in [5.41, 5.74) is 5.71. The van der Waals surface area contributed by atoms with Gasteiger partial charge in [0.1, 0.15) is 5.82 Å². The normalized spacial score (nSPS) is 10.2. The molecule has 0 aliphatic heterocycles. The fourth-order valence-corrected chi connectivity index (χ4v) is 1.26. The number of halogens is 2. The van der Waals surface area contributed by atoms with E-state index < -0.39 is 5.82 Å². The summed E-state index contributed by atoms with van der Waals surface area (Å²) >= 11 is 5.54. The summed E-state index contributed by atoms with van der Waals surface area (Å²) in [6, 6.07) is 3.97. The minimum atomic E-state index is -0.512. The molecule has 0 atom stereocenters. The van der Waals surface area contributed by atoms with Crippen molar-refractivity contribution >= 4 is 17.4 Å². The van der Waals surface area contributed by atoms with Gasteiger partial charge in [-0.25, -0.2) is 4.39 Å². The third-order valence-corrected chi connectivity index (χ3v) is 2.14. The predicted molar refractivity (Wildman–Crippen MR) is 54.0 cm³/mol. The van der Waals surface area contributed by atoms with Crippen LogP contribution in [0, 0.1) is 5.82 Å². The van der Waals surface area contributed by atoms with Gasteiger partial charge >= 0.3 is 0 Å². The minimum absolute atomic E-state index is 0.0244. The van der Waals surface area contributed by atoms with E-state index in [1.54, 1.807) is 0 Å². The van der Waals surface area contributed by atoms with Gasteiger partial charge in [-0.2, -0.15) is 0 Å². The number of hydrogen-bond acceptors (Lipinski definition) is 2. The molecule has 0 aliphatic carbocycles. The van der Waals surface area contributed by atoms with Crippen molar-refractivity contribution in [2.45, 2.75) is 12.8 Å². The van der Waals surface area contributed by atoms with E-state index in [2.05, 4.69) is 0 Å². The molecular formula is C10H11ClFNO. The van der Waals surface area contributed by atoms with Gasteiger partial charge in [-0.15, -0.1) is 0 Å². The fraction of sp³-hybridized carbons (Fsp3) is 0.300. The molecule has 4 heteroatoms. The maximum absolute atomic E-state index is 12.8. The molecular weight excluding hydrogens is 205 g/mol. The van der Waals surface area contributed by atoms with E-state index in [9.17, 15) is 9.18 Å². The second kappa shape index (κ2) is 5.08. The number of nitrogens with two attached hydrogens (primary N) is 1. The highest BCUT2D eigenvalue weighted by atomic mass is 35.5. The first-order valence-electron chi connectivity index (χ1n) is 4.33. The Morgan fingerprint density at radius 1 is 1.50 bits per heavy atom. The molecule has 0 fully saturated rings. The smallest absolute Gasteiger partial charge is 0.162 e.